The van der Waals surface area contributed by atoms with Crippen LogP contribution in [0.4, 0.5) is 0 Å². The van der Waals surface area contributed by atoms with Crippen LogP contribution in [0.25, 0.3) is 10.1 Å². The van der Waals surface area contributed by atoms with E-state index in [2.05, 4.69) is 28.4 Å². The standard InChI is InChI=1S/C14H18N2OS/c1-17-12-2-3-14-11(8-12)9-13(18-14)10-16-6-4-15-5-7-16/h2-3,8-9,15H,4-7,10H2,1H3. The fourth-order valence-electron chi connectivity index (χ4n) is 2.37. The minimum absolute atomic E-state index is 0.939. The van der Waals surface area contributed by atoms with E-state index in [1.54, 1.807) is 7.11 Å². The molecule has 3 nitrogen and oxygen atoms in total. The van der Waals surface area contributed by atoms with Gasteiger partial charge in [-0.3, -0.25) is 4.90 Å². The van der Waals surface area contributed by atoms with Crippen LogP contribution in [-0.2, 0) is 6.54 Å². The van der Waals surface area contributed by atoms with E-state index < -0.39 is 0 Å². The third kappa shape index (κ3) is 2.51. The van der Waals surface area contributed by atoms with Gasteiger partial charge in [0.15, 0.2) is 0 Å². The van der Waals surface area contributed by atoms with Crippen molar-refractivity contribution in [2.24, 2.45) is 0 Å². The molecule has 1 aliphatic rings. The summed E-state index contributed by atoms with van der Waals surface area (Å²) in [4.78, 5) is 3.96. The van der Waals surface area contributed by atoms with Crippen LogP contribution in [0.5, 0.6) is 5.75 Å². The number of thiophene rings is 1. The number of nitrogens with one attached hydrogen (secondary N) is 1. The summed E-state index contributed by atoms with van der Waals surface area (Å²) in [5.41, 5.74) is 0. The van der Waals surface area contributed by atoms with Crippen molar-refractivity contribution in [3.05, 3.63) is 29.1 Å². The van der Waals surface area contributed by atoms with Gasteiger partial charge in [0.1, 0.15) is 5.75 Å². The molecule has 1 aliphatic heterocycles. The number of rotatable bonds is 3. The van der Waals surface area contributed by atoms with Crippen LogP contribution in [0.2, 0.25) is 0 Å². The monoisotopic (exact) mass is 262 g/mol. The lowest BCUT2D eigenvalue weighted by Gasteiger charge is -2.26. The van der Waals surface area contributed by atoms with E-state index in [9.17, 15) is 0 Å². The second-order valence-corrected chi connectivity index (χ2v) is 5.81. The maximum atomic E-state index is 5.27. The Balaban J connectivity index is 1.79. The molecule has 1 saturated heterocycles. The summed E-state index contributed by atoms with van der Waals surface area (Å²) in [5, 5.41) is 4.68. The SMILES string of the molecule is COc1ccc2sc(CN3CCNCC3)cc2c1. The second kappa shape index (κ2) is 5.26. The van der Waals surface area contributed by atoms with E-state index in [1.165, 1.54) is 15.0 Å². The van der Waals surface area contributed by atoms with Gasteiger partial charge in [-0.05, 0) is 29.7 Å². The number of benzene rings is 1. The van der Waals surface area contributed by atoms with Crippen LogP contribution in [0.3, 0.4) is 0 Å². The molecule has 0 spiro atoms. The number of hydrogen-bond acceptors (Lipinski definition) is 4. The predicted molar refractivity (Wildman–Crippen MR) is 76.5 cm³/mol. The maximum absolute atomic E-state index is 5.27. The maximum Gasteiger partial charge on any atom is 0.119 e. The summed E-state index contributed by atoms with van der Waals surface area (Å²) in [7, 11) is 1.72. The van der Waals surface area contributed by atoms with Crippen molar-refractivity contribution in [1.29, 1.82) is 0 Å². The van der Waals surface area contributed by atoms with E-state index in [1.807, 2.05) is 17.4 Å². The average molecular weight is 262 g/mol. The molecule has 3 rings (SSSR count). The van der Waals surface area contributed by atoms with Crippen molar-refractivity contribution in [3.63, 3.8) is 0 Å². The van der Waals surface area contributed by atoms with E-state index >= 15 is 0 Å². The zero-order chi connectivity index (χ0) is 12.4. The molecule has 1 aromatic heterocycles. The lowest BCUT2D eigenvalue weighted by atomic mass is 10.2. The molecule has 2 heterocycles. The van der Waals surface area contributed by atoms with E-state index in [0.717, 1.165) is 38.5 Å². The fraction of sp³-hybridized carbons (Fsp3) is 0.429. The molecule has 0 saturated carbocycles. The van der Waals surface area contributed by atoms with Crippen molar-refractivity contribution >= 4 is 21.4 Å². The molecule has 0 unspecified atom stereocenters. The first kappa shape index (κ1) is 12.0. The zero-order valence-corrected chi connectivity index (χ0v) is 11.4. The highest BCUT2D eigenvalue weighted by molar-refractivity contribution is 7.19. The highest BCUT2D eigenvalue weighted by Crippen LogP contribution is 2.29. The molecule has 18 heavy (non-hydrogen) atoms. The Kier molecular flexibility index (Phi) is 3.50. The third-order valence-electron chi connectivity index (χ3n) is 3.36. The van der Waals surface area contributed by atoms with Crippen molar-refractivity contribution < 1.29 is 4.74 Å². The van der Waals surface area contributed by atoms with Gasteiger partial charge in [-0.2, -0.15) is 0 Å². The average Bonchev–Trinajstić information content (AvgIpc) is 2.80. The van der Waals surface area contributed by atoms with Crippen LogP contribution >= 0.6 is 11.3 Å². The van der Waals surface area contributed by atoms with E-state index in [0.29, 0.717) is 0 Å². The molecular formula is C14H18N2OS. The van der Waals surface area contributed by atoms with Crippen LogP contribution in [0, 0.1) is 0 Å². The molecule has 0 amide bonds. The van der Waals surface area contributed by atoms with Gasteiger partial charge < -0.3 is 10.1 Å². The summed E-state index contributed by atoms with van der Waals surface area (Å²) in [6.07, 6.45) is 0. The first-order valence-electron chi connectivity index (χ1n) is 6.35. The molecule has 0 radical (unpaired) electrons. The third-order valence-corrected chi connectivity index (χ3v) is 4.46. The summed E-state index contributed by atoms with van der Waals surface area (Å²) < 4.78 is 6.62. The Morgan fingerprint density at radius 2 is 2.11 bits per heavy atom. The van der Waals surface area contributed by atoms with Gasteiger partial charge in [-0.15, -0.1) is 11.3 Å². The number of piperazine rings is 1. The first-order chi connectivity index (χ1) is 8.85. The van der Waals surface area contributed by atoms with Crippen LogP contribution in [-0.4, -0.2) is 38.2 Å². The largest absolute Gasteiger partial charge is 0.497 e. The Bertz CT molecular complexity index is 532. The van der Waals surface area contributed by atoms with Crippen molar-refractivity contribution in [2.75, 3.05) is 33.3 Å². The van der Waals surface area contributed by atoms with Crippen LogP contribution in [0.1, 0.15) is 4.88 Å². The Labute approximate surface area is 111 Å². The fourth-order valence-corrected chi connectivity index (χ4v) is 3.46. The summed E-state index contributed by atoms with van der Waals surface area (Å²) >= 11 is 1.89. The summed E-state index contributed by atoms with van der Waals surface area (Å²) in [5.74, 6) is 0.939. The van der Waals surface area contributed by atoms with Gasteiger partial charge in [0.2, 0.25) is 0 Å². The number of ether oxygens (including phenoxy) is 1. The van der Waals surface area contributed by atoms with Gasteiger partial charge in [-0.1, -0.05) is 0 Å². The smallest absolute Gasteiger partial charge is 0.119 e. The van der Waals surface area contributed by atoms with E-state index in [-0.39, 0.29) is 0 Å². The van der Waals surface area contributed by atoms with Crippen LogP contribution < -0.4 is 10.1 Å². The lowest BCUT2D eigenvalue weighted by molar-refractivity contribution is 0.235. The quantitative estimate of drug-likeness (QED) is 0.918. The highest BCUT2D eigenvalue weighted by atomic mass is 32.1. The Morgan fingerprint density at radius 1 is 1.28 bits per heavy atom. The van der Waals surface area contributed by atoms with Crippen LogP contribution in [0.15, 0.2) is 24.3 Å². The number of fused-ring (bicyclic) bond motifs is 1. The molecule has 0 bridgehead atoms. The van der Waals surface area contributed by atoms with Gasteiger partial charge >= 0.3 is 0 Å². The van der Waals surface area contributed by atoms with Crippen molar-refractivity contribution in [1.82, 2.24) is 10.2 Å². The second-order valence-electron chi connectivity index (χ2n) is 4.64. The molecule has 96 valence electrons. The van der Waals surface area contributed by atoms with Crippen molar-refractivity contribution in [2.45, 2.75) is 6.54 Å². The number of methoxy groups -OCH3 is 1. The van der Waals surface area contributed by atoms with Gasteiger partial charge in [-0.25, -0.2) is 0 Å². The number of nitrogens with zero attached hydrogens (tertiary/aromatic N) is 1. The zero-order valence-electron chi connectivity index (χ0n) is 10.6. The van der Waals surface area contributed by atoms with Gasteiger partial charge in [0, 0.05) is 42.3 Å². The molecule has 0 aliphatic carbocycles. The molecule has 1 N–H and O–H groups in total. The molecule has 2 aromatic rings. The lowest BCUT2D eigenvalue weighted by Crippen LogP contribution is -2.42. The topological polar surface area (TPSA) is 24.5 Å². The molecule has 1 fully saturated rings. The molecule has 1 aromatic carbocycles. The van der Waals surface area contributed by atoms with E-state index in [4.69, 9.17) is 4.74 Å². The molecular weight excluding hydrogens is 244 g/mol. The number of hydrogen-bond donors (Lipinski definition) is 1. The van der Waals surface area contributed by atoms with Gasteiger partial charge in [0.05, 0.1) is 7.11 Å². The first-order valence-corrected chi connectivity index (χ1v) is 7.16. The normalized spacial score (nSPS) is 17.2. The Morgan fingerprint density at radius 3 is 2.89 bits per heavy atom. The molecule has 4 heteroatoms. The molecule has 0 atom stereocenters. The van der Waals surface area contributed by atoms with Crippen molar-refractivity contribution in [3.8, 4) is 5.75 Å². The summed E-state index contributed by atoms with van der Waals surface area (Å²) in [6.45, 7) is 5.59. The Hall–Kier alpha value is -1.10. The highest BCUT2D eigenvalue weighted by Gasteiger charge is 2.11. The summed E-state index contributed by atoms with van der Waals surface area (Å²) in [6, 6.07) is 8.60. The van der Waals surface area contributed by atoms with Gasteiger partial charge in [0.25, 0.3) is 0 Å². The minimum Gasteiger partial charge on any atom is -0.497 e. The minimum atomic E-state index is 0.939. The predicted octanol–water partition coefficient (Wildman–Crippen LogP) is 2.32.